The molecule has 0 heterocycles. The molecule has 0 saturated carbocycles. The summed E-state index contributed by atoms with van der Waals surface area (Å²) in [6, 6.07) is 11.2. The summed E-state index contributed by atoms with van der Waals surface area (Å²) in [5.41, 5.74) is 1.02. The van der Waals surface area contributed by atoms with Crippen LogP contribution < -0.4 is 10.6 Å². The van der Waals surface area contributed by atoms with Crippen LogP contribution in [0.25, 0.3) is 0 Å². The van der Waals surface area contributed by atoms with Crippen LogP contribution in [0.15, 0.2) is 47.4 Å². The maximum absolute atomic E-state index is 13.9. The van der Waals surface area contributed by atoms with E-state index in [-0.39, 0.29) is 30.2 Å². The van der Waals surface area contributed by atoms with Gasteiger partial charge in [0.05, 0.1) is 18.7 Å². The van der Waals surface area contributed by atoms with E-state index in [1.807, 2.05) is 25.1 Å². The molecule has 2 N–H and O–H groups in total. The summed E-state index contributed by atoms with van der Waals surface area (Å²) in [5.74, 6) is -0.490. The number of thioether (sulfide) groups is 1. The Balaban J connectivity index is 2.15. The van der Waals surface area contributed by atoms with Gasteiger partial charge in [0.15, 0.2) is 0 Å². The molecule has 0 fully saturated rings. The second-order valence-electron chi connectivity index (χ2n) is 5.40. The third-order valence-electron chi connectivity index (χ3n) is 3.41. The third kappa shape index (κ3) is 5.86. The normalized spacial score (nSPS) is 10.4. The Kier molecular flexibility index (Phi) is 7.62. The predicted octanol–water partition coefficient (Wildman–Crippen LogP) is 4.17. The van der Waals surface area contributed by atoms with Gasteiger partial charge < -0.3 is 15.4 Å². The van der Waals surface area contributed by atoms with Crippen LogP contribution in [0.5, 0.6) is 0 Å². The first kappa shape index (κ1) is 19.9. The summed E-state index contributed by atoms with van der Waals surface area (Å²) < 4.78 is 18.7. The van der Waals surface area contributed by atoms with Crippen molar-refractivity contribution in [2.24, 2.45) is 0 Å². The van der Waals surface area contributed by atoms with Crippen molar-refractivity contribution in [3.63, 3.8) is 0 Å². The molecule has 0 bridgehead atoms. The zero-order valence-electron chi connectivity index (χ0n) is 14.7. The van der Waals surface area contributed by atoms with Gasteiger partial charge in [-0.3, -0.25) is 9.59 Å². The number of benzene rings is 2. The number of anilines is 2. The first-order valence-corrected chi connectivity index (χ1v) is 9.14. The lowest BCUT2D eigenvalue weighted by molar-refractivity contribution is -0.117. The van der Waals surface area contributed by atoms with Crippen molar-refractivity contribution >= 4 is 35.0 Å². The summed E-state index contributed by atoms with van der Waals surface area (Å²) in [4.78, 5) is 25.2. The molecule has 7 heteroatoms. The summed E-state index contributed by atoms with van der Waals surface area (Å²) in [7, 11) is 1.49. The molecule has 138 valence electrons. The van der Waals surface area contributed by atoms with Crippen LogP contribution in [0.2, 0.25) is 0 Å². The van der Waals surface area contributed by atoms with Crippen molar-refractivity contribution < 1.29 is 18.7 Å². The predicted molar refractivity (Wildman–Crippen MR) is 102 cm³/mol. The zero-order valence-corrected chi connectivity index (χ0v) is 15.5. The van der Waals surface area contributed by atoms with Crippen LogP contribution in [0, 0.1) is 5.82 Å². The van der Waals surface area contributed by atoms with Gasteiger partial charge in [-0.1, -0.05) is 19.1 Å². The van der Waals surface area contributed by atoms with E-state index >= 15 is 0 Å². The number of carbonyl (C=O) groups is 2. The van der Waals surface area contributed by atoms with Crippen LogP contribution in [0.4, 0.5) is 15.8 Å². The molecule has 0 aliphatic heterocycles. The van der Waals surface area contributed by atoms with E-state index in [0.717, 1.165) is 16.7 Å². The number of halogens is 1. The number of para-hydroxylation sites is 1. The maximum atomic E-state index is 13.9. The van der Waals surface area contributed by atoms with Crippen LogP contribution in [0.1, 0.15) is 23.7 Å². The van der Waals surface area contributed by atoms with Gasteiger partial charge in [0.2, 0.25) is 5.91 Å². The summed E-state index contributed by atoms with van der Waals surface area (Å²) >= 11 is 1.60. The van der Waals surface area contributed by atoms with Gasteiger partial charge in [-0.2, -0.15) is 0 Å². The van der Waals surface area contributed by atoms with E-state index in [1.54, 1.807) is 17.8 Å². The van der Waals surface area contributed by atoms with E-state index in [9.17, 15) is 14.0 Å². The molecular formula is C19H21FN2O3S. The second kappa shape index (κ2) is 9.94. The number of methoxy groups -OCH3 is 1. The fraction of sp³-hybridized carbons (Fsp3) is 0.263. The third-order valence-corrected chi connectivity index (χ3v) is 4.37. The Morgan fingerprint density at radius 2 is 1.92 bits per heavy atom. The summed E-state index contributed by atoms with van der Waals surface area (Å²) in [5, 5.41) is 5.36. The zero-order chi connectivity index (χ0) is 18.9. The molecule has 26 heavy (non-hydrogen) atoms. The number of hydrogen-bond acceptors (Lipinski definition) is 4. The number of hydrogen-bond donors (Lipinski definition) is 2. The van der Waals surface area contributed by atoms with Crippen molar-refractivity contribution in [3.8, 4) is 0 Å². The molecule has 2 aromatic rings. The van der Waals surface area contributed by atoms with Crippen molar-refractivity contribution in [3.05, 3.63) is 53.8 Å². The molecule has 0 aromatic heterocycles. The SMILES string of the molecule is CCSc1ccccc1NC(=O)c1cc(F)cc(NC(=O)CCOC)c1. The Labute approximate surface area is 156 Å². The standard InChI is InChI=1S/C19H21FN2O3S/c1-3-26-17-7-5-4-6-16(17)22-19(24)13-10-14(20)12-15(11-13)21-18(23)8-9-25-2/h4-7,10-12H,3,8-9H2,1-2H3,(H,21,23)(H,22,24). The van der Waals surface area contributed by atoms with E-state index in [1.165, 1.54) is 19.2 Å². The fourth-order valence-electron chi connectivity index (χ4n) is 2.26. The highest BCUT2D eigenvalue weighted by atomic mass is 32.2. The van der Waals surface area contributed by atoms with Crippen molar-refractivity contribution in [2.75, 3.05) is 30.1 Å². The Morgan fingerprint density at radius 3 is 2.65 bits per heavy atom. The molecule has 0 unspecified atom stereocenters. The van der Waals surface area contributed by atoms with Gasteiger partial charge in [0.25, 0.3) is 5.91 Å². The quantitative estimate of drug-likeness (QED) is 0.679. The summed E-state index contributed by atoms with van der Waals surface area (Å²) in [6.45, 7) is 2.29. The van der Waals surface area contributed by atoms with E-state index in [4.69, 9.17) is 4.74 Å². The first-order chi connectivity index (χ1) is 12.5. The number of carbonyl (C=O) groups excluding carboxylic acids is 2. The van der Waals surface area contributed by atoms with Gasteiger partial charge in [0, 0.05) is 23.3 Å². The first-order valence-electron chi connectivity index (χ1n) is 8.16. The molecule has 2 amide bonds. The van der Waals surface area contributed by atoms with Crippen molar-refractivity contribution in [1.82, 2.24) is 0 Å². The number of nitrogens with one attached hydrogen (secondary N) is 2. The Bertz CT molecular complexity index is 783. The summed E-state index contributed by atoms with van der Waals surface area (Å²) in [6.07, 6.45) is 0.149. The van der Waals surface area contributed by atoms with Gasteiger partial charge >= 0.3 is 0 Å². The minimum Gasteiger partial charge on any atom is -0.384 e. The monoisotopic (exact) mass is 376 g/mol. The van der Waals surface area contributed by atoms with Gasteiger partial charge in [-0.05, 0) is 36.1 Å². The highest BCUT2D eigenvalue weighted by Gasteiger charge is 2.13. The minimum absolute atomic E-state index is 0.128. The largest absolute Gasteiger partial charge is 0.384 e. The van der Waals surface area contributed by atoms with Crippen LogP contribution >= 0.6 is 11.8 Å². The lowest BCUT2D eigenvalue weighted by atomic mass is 10.1. The molecule has 5 nitrogen and oxygen atoms in total. The molecule has 0 saturated heterocycles. The minimum atomic E-state index is -0.601. The average molecular weight is 376 g/mol. The smallest absolute Gasteiger partial charge is 0.255 e. The van der Waals surface area contributed by atoms with E-state index in [0.29, 0.717) is 5.69 Å². The van der Waals surface area contributed by atoms with E-state index in [2.05, 4.69) is 10.6 Å². The molecule has 0 aliphatic carbocycles. The number of amides is 2. The van der Waals surface area contributed by atoms with Gasteiger partial charge in [-0.25, -0.2) is 4.39 Å². The molecule has 2 rings (SSSR count). The molecular weight excluding hydrogens is 355 g/mol. The van der Waals surface area contributed by atoms with Crippen LogP contribution in [0.3, 0.4) is 0 Å². The molecule has 0 spiro atoms. The highest BCUT2D eigenvalue weighted by Crippen LogP contribution is 2.27. The van der Waals surface area contributed by atoms with Gasteiger partial charge in [0.1, 0.15) is 5.82 Å². The molecule has 0 atom stereocenters. The topological polar surface area (TPSA) is 67.4 Å². The number of rotatable bonds is 8. The average Bonchev–Trinajstić information content (AvgIpc) is 2.61. The maximum Gasteiger partial charge on any atom is 0.255 e. The molecule has 0 aliphatic rings. The van der Waals surface area contributed by atoms with Crippen molar-refractivity contribution in [2.45, 2.75) is 18.2 Å². The lowest BCUT2D eigenvalue weighted by Crippen LogP contribution is -2.16. The second-order valence-corrected chi connectivity index (χ2v) is 6.71. The van der Waals surface area contributed by atoms with E-state index < -0.39 is 11.7 Å². The Hall–Kier alpha value is -2.38. The van der Waals surface area contributed by atoms with Crippen molar-refractivity contribution in [1.29, 1.82) is 0 Å². The highest BCUT2D eigenvalue weighted by molar-refractivity contribution is 7.99. The fourth-order valence-corrected chi connectivity index (χ4v) is 3.02. The Morgan fingerprint density at radius 1 is 1.15 bits per heavy atom. The molecule has 0 radical (unpaired) electrons. The lowest BCUT2D eigenvalue weighted by Gasteiger charge is -2.11. The number of ether oxygens (including phenoxy) is 1. The van der Waals surface area contributed by atoms with Gasteiger partial charge in [-0.15, -0.1) is 11.8 Å². The van der Waals surface area contributed by atoms with Crippen LogP contribution in [-0.2, 0) is 9.53 Å². The molecule has 2 aromatic carbocycles. The van der Waals surface area contributed by atoms with Crippen LogP contribution in [-0.4, -0.2) is 31.3 Å².